The Morgan fingerprint density at radius 2 is 2.00 bits per heavy atom. The SMILES string of the molecule is CCn1c(=O)c2c(Cl)c([N+](=O)[O-])c(=O)oc2c2ccccc21. The van der Waals surface area contributed by atoms with Gasteiger partial charge in [0.15, 0.2) is 5.58 Å². The van der Waals surface area contributed by atoms with E-state index in [4.69, 9.17) is 16.0 Å². The summed E-state index contributed by atoms with van der Waals surface area (Å²) in [6.07, 6.45) is 0. The van der Waals surface area contributed by atoms with E-state index in [1.54, 1.807) is 31.2 Å². The van der Waals surface area contributed by atoms with E-state index in [9.17, 15) is 19.7 Å². The number of benzene rings is 1. The molecule has 7 nitrogen and oxygen atoms in total. The molecule has 3 aromatic rings. The third-order valence-electron chi connectivity index (χ3n) is 3.44. The molecule has 112 valence electrons. The van der Waals surface area contributed by atoms with Crippen LogP contribution in [-0.2, 0) is 6.54 Å². The van der Waals surface area contributed by atoms with Crippen LogP contribution in [0.3, 0.4) is 0 Å². The van der Waals surface area contributed by atoms with Crippen molar-refractivity contribution in [2.45, 2.75) is 13.5 Å². The highest BCUT2D eigenvalue weighted by Crippen LogP contribution is 2.31. The number of pyridine rings is 1. The first kappa shape index (κ1) is 14.3. The summed E-state index contributed by atoms with van der Waals surface area (Å²) in [7, 11) is 0. The lowest BCUT2D eigenvalue weighted by atomic mass is 10.1. The van der Waals surface area contributed by atoms with Gasteiger partial charge in [0, 0.05) is 11.9 Å². The molecule has 3 rings (SSSR count). The summed E-state index contributed by atoms with van der Waals surface area (Å²) in [4.78, 5) is 34.4. The van der Waals surface area contributed by atoms with Crippen molar-refractivity contribution in [3.8, 4) is 0 Å². The van der Waals surface area contributed by atoms with Crippen LogP contribution in [0.5, 0.6) is 0 Å². The molecule has 8 heteroatoms. The molecule has 0 aliphatic rings. The largest absolute Gasteiger partial charge is 0.417 e. The minimum atomic E-state index is -1.18. The second-order valence-corrected chi connectivity index (χ2v) is 4.96. The van der Waals surface area contributed by atoms with Gasteiger partial charge in [-0.2, -0.15) is 0 Å². The fourth-order valence-corrected chi connectivity index (χ4v) is 2.81. The van der Waals surface area contributed by atoms with Crippen LogP contribution in [0, 0.1) is 10.1 Å². The lowest BCUT2D eigenvalue weighted by molar-refractivity contribution is -0.387. The molecule has 0 bridgehead atoms. The number of fused-ring (bicyclic) bond motifs is 3. The third kappa shape index (κ3) is 1.82. The van der Waals surface area contributed by atoms with Crippen molar-refractivity contribution in [3.05, 3.63) is 60.2 Å². The van der Waals surface area contributed by atoms with Crippen molar-refractivity contribution >= 4 is 39.2 Å². The van der Waals surface area contributed by atoms with Crippen molar-refractivity contribution < 1.29 is 9.34 Å². The maximum absolute atomic E-state index is 12.6. The van der Waals surface area contributed by atoms with Gasteiger partial charge in [0.25, 0.3) is 5.56 Å². The number of aromatic nitrogens is 1. The summed E-state index contributed by atoms with van der Waals surface area (Å²) in [5, 5.41) is 10.8. The van der Waals surface area contributed by atoms with Crippen LogP contribution < -0.4 is 11.2 Å². The van der Waals surface area contributed by atoms with Gasteiger partial charge < -0.3 is 8.98 Å². The Bertz CT molecular complexity index is 1050. The minimum absolute atomic E-state index is 0.0362. The highest BCUT2D eigenvalue weighted by Gasteiger charge is 2.27. The van der Waals surface area contributed by atoms with Gasteiger partial charge in [0.05, 0.1) is 10.4 Å². The first-order valence-corrected chi connectivity index (χ1v) is 6.77. The van der Waals surface area contributed by atoms with Crippen LogP contribution in [0.25, 0.3) is 21.9 Å². The zero-order chi connectivity index (χ0) is 16.0. The standard InChI is InChI=1S/C14H9ClN2O5/c1-2-16-8-6-4-3-5-7(8)12-9(13(16)18)10(15)11(17(20)21)14(19)22-12/h3-6H,2H2,1H3. The lowest BCUT2D eigenvalue weighted by Gasteiger charge is -2.10. The Kier molecular flexibility index (Phi) is 3.22. The van der Waals surface area contributed by atoms with Crippen LogP contribution >= 0.6 is 11.6 Å². The number of nitrogens with zero attached hydrogens (tertiary/aromatic N) is 2. The second kappa shape index (κ2) is 4.96. The monoisotopic (exact) mass is 320 g/mol. The third-order valence-corrected chi connectivity index (χ3v) is 3.81. The lowest BCUT2D eigenvalue weighted by Crippen LogP contribution is -2.22. The number of halogens is 1. The van der Waals surface area contributed by atoms with Crippen LogP contribution in [0.4, 0.5) is 5.69 Å². The van der Waals surface area contributed by atoms with E-state index < -0.39 is 26.8 Å². The number of rotatable bonds is 2. The highest BCUT2D eigenvalue weighted by molar-refractivity contribution is 6.37. The van der Waals surface area contributed by atoms with Crippen LogP contribution in [0.2, 0.25) is 5.02 Å². The molecule has 0 spiro atoms. The molecule has 0 amide bonds. The zero-order valence-electron chi connectivity index (χ0n) is 11.3. The molecule has 2 heterocycles. The molecular weight excluding hydrogens is 312 g/mol. The molecule has 0 saturated heterocycles. The number of para-hydroxylation sites is 1. The molecule has 0 aliphatic heterocycles. The molecule has 2 aromatic heterocycles. The number of aryl methyl sites for hydroxylation is 1. The van der Waals surface area contributed by atoms with Gasteiger partial charge >= 0.3 is 11.3 Å². The van der Waals surface area contributed by atoms with E-state index in [1.807, 2.05) is 0 Å². The van der Waals surface area contributed by atoms with E-state index in [0.29, 0.717) is 17.4 Å². The zero-order valence-corrected chi connectivity index (χ0v) is 12.1. The minimum Gasteiger partial charge on any atom is -0.417 e. The molecule has 0 radical (unpaired) electrons. The topological polar surface area (TPSA) is 95.4 Å². The number of hydrogen-bond donors (Lipinski definition) is 0. The van der Waals surface area contributed by atoms with E-state index in [1.165, 1.54) is 4.57 Å². The smallest absolute Gasteiger partial charge is 0.416 e. The van der Waals surface area contributed by atoms with E-state index in [0.717, 1.165) is 0 Å². The molecule has 0 saturated carbocycles. The molecule has 0 atom stereocenters. The molecule has 22 heavy (non-hydrogen) atoms. The van der Waals surface area contributed by atoms with E-state index >= 15 is 0 Å². The van der Waals surface area contributed by atoms with Gasteiger partial charge in [-0.15, -0.1) is 0 Å². The fourth-order valence-electron chi connectivity index (χ4n) is 2.49. The van der Waals surface area contributed by atoms with Crippen molar-refractivity contribution in [3.63, 3.8) is 0 Å². The van der Waals surface area contributed by atoms with Gasteiger partial charge in [-0.3, -0.25) is 14.9 Å². The van der Waals surface area contributed by atoms with Crippen molar-refractivity contribution in [2.24, 2.45) is 0 Å². The quantitative estimate of drug-likeness (QED) is 0.411. The van der Waals surface area contributed by atoms with Crippen LogP contribution in [0.15, 0.2) is 38.3 Å². The molecule has 0 unspecified atom stereocenters. The predicted molar refractivity (Wildman–Crippen MR) is 81.6 cm³/mol. The number of nitro groups is 1. The fraction of sp³-hybridized carbons (Fsp3) is 0.143. The van der Waals surface area contributed by atoms with E-state index in [-0.39, 0.29) is 11.0 Å². The summed E-state index contributed by atoms with van der Waals surface area (Å²) >= 11 is 5.96. The molecule has 1 aromatic carbocycles. The van der Waals surface area contributed by atoms with Crippen molar-refractivity contribution in [2.75, 3.05) is 0 Å². The first-order valence-electron chi connectivity index (χ1n) is 6.39. The highest BCUT2D eigenvalue weighted by atomic mass is 35.5. The second-order valence-electron chi connectivity index (χ2n) is 4.58. The number of hydrogen-bond acceptors (Lipinski definition) is 5. The van der Waals surface area contributed by atoms with Gasteiger partial charge in [0.1, 0.15) is 10.4 Å². The Morgan fingerprint density at radius 3 is 2.64 bits per heavy atom. The first-order chi connectivity index (χ1) is 10.5. The summed E-state index contributed by atoms with van der Waals surface area (Å²) in [5.74, 6) is 0. The normalized spacial score (nSPS) is 11.2. The van der Waals surface area contributed by atoms with E-state index in [2.05, 4.69) is 0 Å². The summed E-state index contributed by atoms with van der Waals surface area (Å²) in [5.41, 5.74) is -2.11. The van der Waals surface area contributed by atoms with Crippen LogP contribution in [0.1, 0.15) is 6.92 Å². The maximum atomic E-state index is 12.6. The maximum Gasteiger partial charge on any atom is 0.416 e. The van der Waals surface area contributed by atoms with Gasteiger partial charge in [0.2, 0.25) is 0 Å². The Morgan fingerprint density at radius 1 is 1.32 bits per heavy atom. The van der Waals surface area contributed by atoms with Gasteiger partial charge in [-0.1, -0.05) is 23.7 Å². The van der Waals surface area contributed by atoms with Crippen molar-refractivity contribution in [1.82, 2.24) is 4.57 Å². The van der Waals surface area contributed by atoms with Crippen LogP contribution in [-0.4, -0.2) is 9.49 Å². The summed E-state index contributed by atoms with van der Waals surface area (Å²) in [6.45, 7) is 2.11. The Hall–Kier alpha value is -2.67. The summed E-state index contributed by atoms with van der Waals surface area (Å²) in [6, 6.07) is 6.82. The molecule has 0 fully saturated rings. The predicted octanol–water partition coefficient (Wildman–Crippen LogP) is 2.69. The summed E-state index contributed by atoms with van der Waals surface area (Å²) < 4.78 is 6.46. The van der Waals surface area contributed by atoms with Crippen molar-refractivity contribution in [1.29, 1.82) is 0 Å². The average molecular weight is 321 g/mol. The molecule has 0 aliphatic carbocycles. The molecular formula is C14H9ClN2O5. The van der Waals surface area contributed by atoms with Gasteiger partial charge in [-0.05, 0) is 19.1 Å². The molecule has 0 N–H and O–H groups in total. The Balaban J connectivity index is 2.72. The van der Waals surface area contributed by atoms with Gasteiger partial charge in [-0.25, -0.2) is 4.79 Å². The Labute approximate surface area is 127 Å². The average Bonchev–Trinajstić information content (AvgIpc) is 2.47.